The van der Waals surface area contributed by atoms with Crippen molar-refractivity contribution in [2.24, 2.45) is 0 Å². The number of nitrogens with zero attached hydrogens (tertiary/aromatic N) is 2. The molecule has 0 amide bonds. The van der Waals surface area contributed by atoms with Gasteiger partial charge < -0.3 is 10.1 Å². The van der Waals surface area contributed by atoms with Crippen LogP contribution in [0.15, 0.2) is 12.3 Å². The van der Waals surface area contributed by atoms with E-state index in [2.05, 4.69) is 15.3 Å². The fourth-order valence-electron chi connectivity index (χ4n) is 0.899. The highest BCUT2D eigenvalue weighted by Gasteiger charge is 2.03. The molecular weight excluding hydrogens is 202 g/mol. The largest absolute Gasteiger partial charge is 0.478 e. The van der Waals surface area contributed by atoms with Crippen LogP contribution in [0.2, 0.25) is 0 Å². The average Bonchev–Trinajstić information content (AvgIpc) is 2.19. The minimum absolute atomic E-state index is 0.147. The van der Waals surface area contributed by atoms with E-state index in [0.29, 0.717) is 24.3 Å². The molecule has 4 nitrogen and oxygen atoms in total. The highest BCUT2D eigenvalue weighted by Crippen LogP contribution is 2.09. The number of nitrogens with one attached hydrogen (secondary N) is 1. The van der Waals surface area contributed by atoms with Gasteiger partial charge in [0, 0.05) is 24.2 Å². The Balaban J connectivity index is 2.63. The van der Waals surface area contributed by atoms with Crippen molar-refractivity contribution in [3.63, 3.8) is 0 Å². The molecule has 0 aliphatic carbocycles. The van der Waals surface area contributed by atoms with Gasteiger partial charge in [-0.1, -0.05) is 0 Å². The summed E-state index contributed by atoms with van der Waals surface area (Å²) >= 11 is 5.65. The molecule has 1 rings (SSSR count). The van der Waals surface area contributed by atoms with E-state index in [-0.39, 0.29) is 6.04 Å². The number of ether oxygens (including phenoxy) is 1. The summed E-state index contributed by atoms with van der Waals surface area (Å²) in [7, 11) is 0. The van der Waals surface area contributed by atoms with Crippen molar-refractivity contribution < 1.29 is 4.74 Å². The van der Waals surface area contributed by atoms with Gasteiger partial charge in [-0.3, -0.25) is 0 Å². The van der Waals surface area contributed by atoms with Crippen molar-refractivity contribution in [3.8, 4) is 5.88 Å². The molecule has 1 atom stereocenters. The van der Waals surface area contributed by atoms with Crippen LogP contribution in [0.1, 0.15) is 13.8 Å². The molecule has 0 aliphatic rings. The van der Waals surface area contributed by atoms with Crippen molar-refractivity contribution in [1.82, 2.24) is 9.97 Å². The lowest BCUT2D eigenvalue weighted by Crippen LogP contribution is -2.18. The highest BCUT2D eigenvalue weighted by atomic mass is 35.5. The Labute approximate surface area is 88.7 Å². The van der Waals surface area contributed by atoms with Crippen molar-refractivity contribution in [2.45, 2.75) is 19.9 Å². The first-order valence-corrected chi connectivity index (χ1v) is 5.08. The van der Waals surface area contributed by atoms with Crippen molar-refractivity contribution >= 4 is 17.5 Å². The molecule has 1 heterocycles. The summed E-state index contributed by atoms with van der Waals surface area (Å²) in [6.07, 6.45) is 1.65. The number of hydrogen-bond donors (Lipinski definition) is 1. The number of anilines is 1. The van der Waals surface area contributed by atoms with Crippen LogP contribution in [0.5, 0.6) is 5.88 Å². The summed E-state index contributed by atoms with van der Waals surface area (Å²) in [5.74, 6) is 1.64. The molecule has 14 heavy (non-hydrogen) atoms. The van der Waals surface area contributed by atoms with E-state index in [1.807, 2.05) is 13.8 Å². The van der Waals surface area contributed by atoms with E-state index in [4.69, 9.17) is 16.3 Å². The third-order valence-electron chi connectivity index (χ3n) is 1.53. The molecule has 1 aromatic rings. The molecule has 0 fully saturated rings. The van der Waals surface area contributed by atoms with Crippen LogP contribution in [-0.4, -0.2) is 28.5 Å². The third-order valence-corrected chi connectivity index (χ3v) is 1.99. The fourth-order valence-corrected chi connectivity index (χ4v) is 0.976. The molecule has 1 unspecified atom stereocenters. The van der Waals surface area contributed by atoms with Crippen LogP contribution in [0.4, 0.5) is 5.95 Å². The number of hydrogen-bond acceptors (Lipinski definition) is 4. The SMILES string of the molecule is CCOc1ccnc(NC(C)CCl)n1. The lowest BCUT2D eigenvalue weighted by Gasteiger charge is -2.10. The van der Waals surface area contributed by atoms with Gasteiger partial charge in [0.05, 0.1) is 6.61 Å². The van der Waals surface area contributed by atoms with E-state index in [9.17, 15) is 0 Å². The third kappa shape index (κ3) is 3.38. The predicted molar refractivity (Wildman–Crippen MR) is 57.0 cm³/mol. The first-order chi connectivity index (χ1) is 6.76. The van der Waals surface area contributed by atoms with Gasteiger partial charge in [0.25, 0.3) is 0 Å². The van der Waals surface area contributed by atoms with Gasteiger partial charge >= 0.3 is 0 Å². The first-order valence-electron chi connectivity index (χ1n) is 4.54. The summed E-state index contributed by atoms with van der Waals surface area (Å²) in [5, 5.41) is 3.06. The Morgan fingerprint density at radius 1 is 1.64 bits per heavy atom. The maximum atomic E-state index is 5.65. The molecule has 0 aliphatic heterocycles. The molecule has 0 bridgehead atoms. The Hall–Kier alpha value is -1.03. The lowest BCUT2D eigenvalue weighted by molar-refractivity contribution is 0.326. The van der Waals surface area contributed by atoms with Crippen molar-refractivity contribution in [3.05, 3.63) is 12.3 Å². The summed E-state index contributed by atoms with van der Waals surface area (Å²) < 4.78 is 5.24. The lowest BCUT2D eigenvalue weighted by atomic mass is 10.4. The highest BCUT2D eigenvalue weighted by molar-refractivity contribution is 6.18. The van der Waals surface area contributed by atoms with Gasteiger partial charge in [-0.25, -0.2) is 4.98 Å². The molecule has 0 spiro atoms. The molecule has 0 saturated carbocycles. The average molecular weight is 216 g/mol. The first kappa shape index (κ1) is 11.0. The quantitative estimate of drug-likeness (QED) is 0.763. The van der Waals surface area contributed by atoms with E-state index >= 15 is 0 Å². The monoisotopic (exact) mass is 215 g/mol. The normalized spacial score (nSPS) is 12.2. The maximum absolute atomic E-state index is 5.65. The molecule has 78 valence electrons. The Morgan fingerprint density at radius 2 is 2.43 bits per heavy atom. The summed E-state index contributed by atoms with van der Waals surface area (Å²) in [4.78, 5) is 8.20. The molecule has 1 N–H and O–H groups in total. The summed E-state index contributed by atoms with van der Waals surface area (Å²) in [6, 6.07) is 1.87. The van der Waals surface area contributed by atoms with E-state index < -0.39 is 0 Å². The minimum Gasteiger partial charge on any atom is -0.478 e. The van der Waals surface area contributed by atoms with E-state index in [1.165, 1.54) is 0 Å². The Morgan fingerprint density at radius 3 is 3.07 bits per heavy atom. The minimum atomic E-state index is 0.147. The van der Waals surface area contributed by atoms with Crippen LogP contribution in [0, 0.1) is 0 Å². The van der Waals surface area contributed by atoms with Crippen LogP contribution < -0.4 is 10.1 Å². The zero-order valence-corrected chi connectivity index (χ0v) is 9.08. The predicted octanol–water partition coefficient (Wildman–Crippen LogP) is 1.91. The van der Waals surface area contributed by atoms with Gasteiger partial charge in [-0.2, -0.15) is 4.98 Å². The second kappa shape index (κ2) is 5.65. The maximum Gasteiger partial charge on any atom is 0.226 e. The van der Waals surface area contributed by atoms with Crippen LogP contribution in [0.3, 0.4) is 0 Å². The van der Waals surface area contributed by atoms with Gasteiger partial charge in [0.2, 0.25) is 11.8 Å². The van der Waals surface area contributed by atoms with Crippen LogP contribution >= 0.6 is 11.6 Å². The second-order valence-corrected chi connectivity index (χ2v) is 3.16. The number of rotatable bonds is 5. The Kier molecular flexibility index (Phi) is 4.46. The molecule has 5 heteroatoms. The zero-order chi connectivity index (χ0) is 10.4. The second-order valence-electron chi connectivity index (χ2n) is 2.85. The van der Waals surface area contributed by atoms with E-state index in [1.54, 1.807) is 12.3 Å². The molecular formula is C9H14ClN3O. The zero-order valence-electron chi connectivity index (χ0n) is 8.33. The van der Waals surface area contributed by atoms with Gasteiger partial charge in [0.15, 0.2) is 0 Å². The van der Waals surface area contributed by atoms with Crippen molar-refractivity contribution in [1.29, 1.82) is 0 Å². The summed E-state index contributed by atoms with van der Waals surface area (Å²) in [6.45, 7) is 4.47. The van der Waals surface area contributed by atoms with Gasteiger partial charge in [-0.05, 0) is 13.8 Å². The van der Waals surface area contributed by atoms with Gasteiger partial charge in [0.1, 0.15) is 0 Å². The molecule has 0 aromatic carbocycles. The van der Waals surface area contributed by atoms with Crippen molar-refractivity contribution in [2.75, 3.05) is 17.8 Å². The van der Waals surface area contributed by atoms with E-state index in [0.717, 1.165) is 0 Å². The molecule has 1 aromatic heterocycles. The number of halogens is 1. The standard InChI is InChI=1S/C9H14ClN3O/c1-3-14-8-4-5-11-9(13-8)12-7(2)6-10/h4-5,7H,3,6H2,1-2H3,(H,11,12,13). The topological polar surface area (TPSA) is 47.0 Å². The fraction of sp³-hybridized carbons (Fsp3) is 0.556. The van der Waals surface area contributed by atoms with Gasteiger partial charge in [-0.15, -0.1) is 11.6 Å². The number of alkyl halides is 1. The number of aromatic nitrogens is 2. The smallest absolute Gasteiger partial charge is 0.226 e. The van der Waals surface area contributed by atoms with Crippen LogP contribution in [-0.2, 0) is 0 Å². The van der Waals surface area contributed by atoms with Crippen LogP contribution in [0.25, 0.3) is 0 Å². The summed E-state index contributed by atoms with van der Waals surface area (Å²) in [5.41, 5.74) is 0. The Bertz CT molecular complexity index is 283. The molecule has 0 radical (unpaired) electrons. The molecule has 0 saturated heterocycles.